The number of hydrogen-bond donors (Lipinski definition) is 1. The Morgan fingerprint density at radius 3 is 2.35 bits per heavy atom. The van der Waals surface area contributed by atoms with Gasteiger partial charge in [0.05, 0.1) is 30.7 Å². The summed E-state index contributed by atoms with van der Waals surface area (Å²) in [5, 5.41) is 3.52. The van der Waals surface area contributed by atoms with Crippen molar-refractivity contribution in [1.82, 2.24) is 0 Å². The van der Waals surface area contributed by atoms with E-state index in [9.17, 15) is 14.4 Å². The van der Waals surface area contributed by atoms with Crippen molar-refractivity contribution < 1.29 is 23.9 Å². The average molecular weight is 537 g/mol. The van der Waals surface area contributed by atoms with Crippen molar-refractivity contribution in [3.63, 3.8) is 0 Å². The standard InChI is InChI=1S/C28H25ClN2O5S/c1-4-15-36-28(34)18-7-10-20(11-8-18)31-26(32)24(30-22-16-19(29)9-14-23(22)35-3)25(27(31)33)37-21-12-5-17(2)6-13-21/h5-14,16,30H,4,15H2,1-3H3. The van der Waals surface area contributed by atoms with Crippen LogP contribution >= 0.6 is 23.4 Å². The second kappa shape index (κ2) is 11.5. The van der Waals surface area contributed by atoms with Gasteiger partial charge in [0.15, 0.2) is 0 Å². The van der Waals surface area contributed by atoms with Crippen LogP contribution in [0.5, 0.6) is 5.75 Å². The topological polar surface area (TPSA) is 84.9 Å². The van der Waals surface area contributed by atoms with Crippen LogP contribution in [0.15, 0.2) is 82.2 Å². The Hall–Kier alpha value is -3.75. The first-order valence-electron chi connectivity index (χ1n) is 11.6. The van der Waals surface area contributed by atoms with E-state index in [1.54, 1.807) is 30.3 Å². The summed E-state index contributed by atoms with van der Waals surface area (Å²) in [5.41, 5.74) is 2.29. The van der Waals surface area contributed by atoms with E-state index in [4.69, 9.17) is 21.1 Å². The molecule has 9 heteroatoms. The number of halogens is 1. The molecule has 0 saturated carbocycles. The van der Waals surface area contributed by atoms with Crippen molar-refractivity contribution in [2.24, 2.45) is 0 Å². The fourth-order valence-corrected chi connectivity index (χ4v) is 4.71. The summed E-state index contributed by atoms with van der Waals surface area (Å²) in [6.45, 7) is 4.19. The number of esters is 1. The molecule has 7 nitrogen and oxygen atoms in total. The second-order valence-electron chi connectivity index (χ2n) is 8.22. The number of rotatable bonds is 9. The number of nitrogens with zero attached hydrogens (tertiary/aromatic N) is 1. The van der Waals surface area contributed by atoms with Crippen molar-refractivity contribution in [2.75, 3.05) is 23.9 Å². The molecule has 1 aliphatic heterocycles. The van der Waals surface area contributed by atoms with Crippen LogP contribution in [-0.2, 0) is 14.3 Å². The quantitative estimate of drug-likeness (QED) is 0.257. The molecule has 2 amide bonds. The number of thioether (sulfide) groups is 1. The van der Waals surface area contributed by atoms with Gasteiger partial charge in [0, 0.05) is 9.92 Å². The van der Waals surface area contributed by atoms with Gasteiger partial charge >= 0.3 is 5.97 Å². The first kappa shape index (κ1) is 26.3. The third-order valence-corrected chi connectivity index (χ3v) is 6.83. The predicted molar refractivity (Wildman–Crippen MR) is 145 cm³/mol. The fourth-order valence-electron chi connectivity index (χ4n) is 3.61. The summed E-state index contributed by atoms with van der Waals surface area (Å²) < 4.78 is 10.6. The largest absolute Gasteiger partial charge is 0.495 e. The van der Waals surface area contributed by atoms with Gasteiger partial charge in [-0.3, -0.25) is 9.59 Å². The zero-order valence-electron chi connectivity index (χ0n) is 20.5. The SMILES string of the molecule is CCCOC(=O)c1ccc(N2C(=O)C(Nc3cc(Cl)ccc3OC)=C(Sc3ccc(C)cc3)C2=O)cc1. The van der Waals surface area contributed by atoms with Crippen LogP contribution in [0.1, 0.15) is 29.3 Å². The zero-order chi connectivity index (χ0) is 26.5. The van der Waals surface area contributed by atoms with E-state index in [-0.39, 0.29) is 10.6 Å². The molecule has 0 unspecified atom stereocenters. The highest BCUT2D eigenvalue weighted by Crippen LogP contribution is 2.39. The number of imide groups is 1. The van der Waals surface area contributed by atoms with Crippen molar-refractivity contribution in [2.45, 2.75) is 25.2 Å². The van der Waals surface area contributed by atoms with Crippen LogP contribution in [0.2, 0.25) is 5.02 Å². The lowest BCUT2D eigenvalue weighted by Crippen LogP contribution is -2.32. The molecule has 3 aromatic rings. The van der Waals surface area contributed by atoms with E-state index in [0.717, 1.165) is 15.4 Å². The van der Waals surface area contributed by atoms with E-state index >= 15 is 0 Å². The summed E-state index contributed by atoms with van der Waals surface area (Å²) in [5.74, 6) is -1.02. The molecule has 0 saturated heterocycles. The number of benzene rings is 3. The molecule has 0 radical (unpaired) electrons. The lowest BCUT2D eigenvalue weighted by atomic mass is 10.2. The maximum absolute atomic E-state index is 13.6. The highest BCUT2D eigenvalue weighted by atomic mass is 35.5. The van der Waals surface area contributed by atoms with Crippen LogP contribution in [0.4, 0.5) is 11.4 Å². The number of methoxy groups -OCH3 is 1. The zero-order valence-corrected chi connectivity index (χ0v) is 22.1. The third kappa shape index (κ3) is 5.81. The van der Waals surface area contributed by atoms with Crippen molar-refractivity contribution in [1.29, 1.82) is 0 Å². The molecule has 3 aromatic carbocycles. The molecule has 0 atom stereocenters. The monoisotopic (exact) mass is 536 g/mol. The van der Waals surface area contributed by atoms with Crippen LogP contribution in [0, 0.1) is 6.92 Å². The van der Waals surface area contributed by atoms with E-state index in [0.29, 0.717) is 40.7 Å². The first-order valence-corrected chi connectivity index (χ1v) is 12.8. The van der Waals surface area contributed by atoms with Gasteiger partial charge in [-0.05, 0) is 67.9 Å². The van der Waals surface area contributed by atoms with Gasteiger partial charge in [0.2, 0.25) is 0 Å². The molecule has 0 fully saturated rings. The molecule has 1 aliphatic rings. The predicted octanol–water partition coefficient (Wildman–Crippen LogP) is 6.21. The number of ether oxygens (including phenoxy) is 2. The number of carbonyl (C=O) groups is 3. The van der Waals surface area contributed by atoms with Crippen LogP contribution < -0.4 is 15.0 Å². The minimum Gasteiger partial charge on any atom is -0.495 e. The Kier molecular flexibility index (Phi) is 8.21. The first-order chi connectivity index (χ1) is 17.8. The molecule has 1 heterocycles. The molecule has 0 bridgehead atoms. The smallest absolute Gasteiger partial charge is 0.338 e. The molecule has 4 rings (SSSR count). The maximum atomic E-state index is 13.6. The molecule has 1 N–H and O–H groups in total. The van der Waals surface area contributed by atoms with Crippen molar-refractivity contribution >= 4 is 52.5 Å². The van der Waals surface area contributed by atoms with Gasteiger partial charge in [-0.1, -0.05) is 48.0 Å². The lowest BCUT2D eigenvalue weighted by molar-refractivity contribution is -0.120. The maximum Gasteiger partial charge on any atom is 0.338 e. The molecule has 0 aliphatic carbocycles. The summed E-state index contributed by atoms with van der Waals surface area (Å²) >= 11 is 7.37. The Bertz CT molecular complexity index is 1370. The van der Waals surface area contributed by atoms with Crippen molar-refractivity contribution in [3.8, 4) is 5.75 Å². The summed E-state index contributed by atoms with van der Waals surface area (Å²) in [7, 11) is 1.51. The Balaban J connectivity index is 1.70. The van der Waals surface area contributed by atoms with Crippen LogP contribution in [0.25, 0.3) is 0 Å². The molecule has 190 valence electrons. The number of nitrogens with one attached hydrogen (secondary N) is 1. The highest BCUT2D eigenvalue weighted by Gasteiger charge is 2.40. The molecule has 0 spiro atoms. The number of carbonyl (C=O) groups excluding carboxylic acids is 3. The highest BCUT2D eigenvalue weighted by molar-refractivity contribution is 8.04. The minimum atomic E-state index is -0.539. The number of amides is 2. The molecule has 0 aromatic heterocycles. The lowest BCUT2D eigenvalue weighted by Gasteiger charge is -2.16. The molecular formula is C28H25ClN2O5S. The normalized spacial score (nSPS) is 13.2. The summed E-state index contributed by atoms with van der Waals surface area (Å²) in [6, 6.07) is 18.8. The van der Waals surface area contributed by atoms with Gasteiger partial charge < -0.3 is 14.8 Å². The number of hydrogen-bond acceptors (Lipinski definition) is 7. The van der Waals surface area contributed by atoms with Crippen molar-refractivity contribution in [3.05, 3.63) is 93.5 Å². The second-order valence-corrected chi connectivity index (χ2v) is 9.74. The van der Waals surface area contributed by atoms with Gasteiger partial charge in [-0.2, -0.15) is 0 Å². The fraction of sp³-hybridized carbons (Fsp3) is 0.179. The Morgan fingerprint density at radius 2 is 1.70 bits per heavy atom. The Labute approximate surface area is 224 Å². The molecule has 37 heavy (non-hydrogen) atoms. The van der Waals surface area contributed by atoms with Gasteiger partial charge in [0.25, 0.3) is 11.8 Å². The van der Waals surface area contributed by atoms with Crippen LogP contribution in [0.3, 0.4) is 0 Å². The van der Waals surface area contributed by atoms with E-state index in [2.05, 4.69) is 5.32 Å². The average Bonchev–Trinajstić information content (AvgIpc) is 3.12. The van der Waals surface area contributed by atoms with Crippen LogP contribution in [-0.4, -0.2) is 31.5 Å². The number of anilines is 2. The summed E-state index contributed by atoms with van der Waals surface area (Å²) in [6.07, 6.45) is 0.709. The minimum absolute atomic E-state index is 0.0996. The number of aryl methyl sites for hydroxylation is 1. The molecular weight excluding hydrogens is 512 g/mol. The Morgan fingerprint density at radius 1 is 1.00 bits per heavy atom. The van der Waals surface area contributed by atoms with Gasteiger partial charge in [-0.25, -0.2) is 9.69 Å². The van der Waals surface area contributed by atoms with E-state index < -0.39 is 17.8 Å². The van der Waals surface area contributed by atoms with Gasteiger partial charge in [0.1, 0.15) is 16.4 Å². The van der Waals surface area contributed by atoms with E-state index in [1.165, 1.54) is 31.0 Å². The van der Waals surface area contributed by atoms with E-state index in [1.807, 2.05) is 38.1 Å². The summed E-state index contributed by atoms with van der Waals surface area (Å²) in [4.78, 5) is 41.5. The van der Waals surface area contributed by atoms with Gasteiger partial charge in [-0.15, -0.1) is 0 Å². The third-order valence-electron chi connectivity index (χ3n) is 5.50.